The van der Waals surface area contributed by atoms with Gasteiger partial charge in [-0.2, -0.15) is 0 Å². The molecule has 9 atom stereocenters. The second kappa shape index (κ2) is 6.61. The Labute approximate surface area is 160 Å². The quantitative estimate of drug-likeness (QED) is 0.420. The molecule has 2 bridgehead atoms. The Bertz CT molecular complexity index is 657. The number of hydrogen-bond donors (Lipinski definition) is 0. The maximum Gasteiger partial charge on any atom is 0.333 e. The van der Waals surface area contributed by atoms with Crippen LogP contribution in [0, 0.1) is 35.5 Å². The third-order valence-corrected chi connectivity index (χ3v) is 7.86. The number of carbonyl (C=O) groups is 2. The number of fused-ring (bicyclic) bond motifs is 7. The second-order valence-electron chi connectivity index (χ2n) is 9.59. The third-order valence-electron chi connectivity index (χ3n) is 7.86. The van der Waals surface area contributed by atoms with Gasteiger partial charge in [0.2, 0.25) is 0 Å². The average Bonchev–Trinajstić information content (AvgIpc) is 3.01. The molecule has 0 radical (unpaired) electrons. The summed E-state index contributed by atoms with van der Waals surface area (Å²) < 4.78 is 17.0. The van der Waals surface area contributed by atoms with Crippen molar-refractivity contribution in [1.82, 2.24) is 0 Å². The molecule has 148 valence electrons. The fourth-order valence-electron chi connectivity index (χ4n) is 6.66. The third kappa shape index (κ3) is 3.12. The number of ether oxygens (including phenoxy) is 3. The molecule has 1 heterocycles. The lowest BCUT2D eigenvalue weighted by molar-refractivity contribution is -0.156. The van der Waals surface area contributed by atoms with E-state index in [0.29, 0.717) is 48.1 Å². The van der Waals surface area contributed by atoms with Crippen molar-refractivity contribution in [1.29, 1.82) is 0 Å². The van der Waals surface area contributed by atoms with E-state index >= 15 is 0 Å². The van der Waals surface area contributed by atoms with E-state index in [9.17, 15) is 9.59 Å². The van der Waals surface area contributed by atoms with Crippen molar-refractivity contribution in [3.63, 3.8) is 0 Å². The van der Waals surface area contributed by atoms with E-state index < -0.39 is 0 Å². The summed E-state index contributed by atoms with van der Waals surface area (Å²) in [6, 6.07) is 0. The number of epoxide rings is 1. The van der Waals surface area contributed by atoms with Gasteiger partial charge in [-0.3, -0.25) is 4.79 Å². The van der Waals surface area contributed by atoms with Gasteiger partial charge in [0.25, 0.3) is 0 Å². The zero-order valence-electron chi connectivity index (χ0n) is 16.1. The monoisotopic (exact) mass is 374 g/mol. The Morgan fingerprint density at radius 1 is 1.11 bits per heavy atom. The van der Waals surface area contributed by atoms with Crippen LogP contribution in [-0.2, 0) is 23.8 Å². The predicted molar refractivity (Wildman–Crippen MR) is 97.6 cm³/mol. The van der Waals surface area contributed by atoms with Crippen molar-refractivity contribution in [2.45, 2.75) is 70.2 Å². The molecule has 0 aromatic rings. The summed E-state index contributed by atoms with van der Waals surface area (Å²) in [7, 11) is 0. The van der Waals surface area contributed by atoms with Gasteiger partial charge in [0, 0.05) is 5.57 Å². The van der Waals surface area contributed by atoms with E-state index in [1.54, 1.807) is 6.92 Å². The molecule has 9 unspecified atom stereocenters. The summed E-state index contributed by atoms with van der Waals surface area (Å²) in [5.74, 6) is 2.74. The Balaban J connectivity index is 1.11. The molecule has 5 nitrogen and oxygen atoms in total. The van der Waals surface area contributed by atoms with E-state index in [4.69, 9.17) is 14.2 Å². The van der Waals surface area contributed by atoms with Crippen LogP contribution in [0.15, 0.2) is 12.2 Å². The maximum atomic E-state index is 12.8. The number of carbonyl (C=O) groups excluding carboxylic acids is 2. The Hall–Kier alpha value is -1.36. The van der Waals surface area contributed by atoms with Crippen LogP contribution < -0.4 is 0 Å². The van der Waals surface area contributed by atoms with E-state index in [1.807, 2.05) is 0 Å². The van der Waals surface area contributed by atoms with Gasteiger partial charge in [-0.05, 0) is 81.5 Å². The first-order valence-electron chi connectivity index (χ1n) is 10.7. The fourth-order valence-corrected chi connectivity index (χ4v) is 6.66. The first-order valence-corrected chi connectivity index (χ1v) is 10.7. The molecule has 5 aliphatic rings. The summed E-state index contributed by atoms with van der Waals surface area (Å²) >= 11 is 0. The lowest BCUT2D eigenvalue weighted by atomic mass is 9.75. The molecule has 5 fully saturated rings. The van der Waals surface area contributed by atoms with E-state index in [2.05, 4.69) is 6.58 Å². The first kappa shape index (κ1) is 17.7. The van der Waals surface area contributed by atoms with Gasteiger partial charge in [0.1, 0.15) is 6.10 Å². The molecule has 0 amide bonds. The lowest BCUT2D eigenvalue weighted by Crippen LogP contribution is -2.34. The van der Waals surface area contributed by atoms with Crippen LogP contribution in [0.1, 0.15) is 51.9 Å². The largest absolute Gasteiger partial charge is 0.465 e. The Kier molecular flexibility index (Phi) is 4.34. The minimum atomic E-state index is -0.312. The molecule has 1 saturated heterocycles. The fraction of sp³-hybridized carbons (Fsp3) is 0.818. The lowest BCUT2D eigenvalue weighted by Gasteiger charge is -2.32. The zero-order chi connectivity index (χ0) is 18.7. The maximum absolute atomic E-state index is 12.8. The topological polar surface area (TPSA) is 65.1 Å². The van der Waals surface area contributed by atoms with Crippen LogP contribution in [0.3, 0.4) is 0 Å². The highest BCUT2D eigenvalue weighted by Crippen LogP contribution is 2.66. The SMILES string of the molecule is C=C(C)C(=O)OC1CCCC(COC(=O)C2CC3CC2C2CC4OC4C32)C1. The van der Waals surface area contributed by atoms with Gasteiger partial charge < -0.3 is 14.2 Å². The number of rotatable bonds is 5. The molecule has 4 saturated carbocycles. The minimum absolute atomic E-state index is 0.0171. The predicted octanol–water partition coefficient (Wildman–Crippen LogP) is 3.27. The van der Waals surface area contributed by atoms with Crippen LogP contribution in [0.25, 0.3) is 0 Å². The molecule has 0 aromatic carbocycles. The molecule has 4 aliphatic carbocycles. The molecule has 0 spiro atoms. The highest BCUT2D eigenvalue weighted by atomic mass is 16.6. The van der Waals surface area contributed by atoms with Crippen molar-refractivity contribution in [3.05, 3.63) is 12.2 Å². The average molecular weight is 374 g/mol. The number of hydrogen-bond acceptors (Lipinski definition) is 5. The van der Waals surface area contributed by atoms with Gasteiger partial charge in [0.15, 0.2) is 0 Å². The summed E-state index contributed by atoms with van der Waals surface area (Å²) in [6.45, 7) is 5.78. The molecule has 0 N–H and O–H groups in total. The van der Waals surface area contributed by atoms with Gasteiger partial charge in [-0.1, -0.05) is 6.58 Å². The van der Waals surface area contributed by atoms with Crippen molar-refractivity contribution in [2.75, 3.05) is 6.61 Å². The van der Waals surface area contributed by atoms with Crippen molar-refractivity contribution >= 4 is 11.9 Å². The smallest absolute Gasteiger partial charge is 0.333 e. The summed E-state index contributed by atoms with van der Waals surface area (Å²) in [6.07, 6.45) is 8.04. The zero-order valence-corrected chi connectivity index (χ0v) is 16.1. The first-order chi connectivity index (χ1) is 13.0. The Morgan fingerprint density at radius 3 is 2.78 bits per heavy atom. The normalized spacial score (nSPS) is 46.5. The highest BCUT2D eigenvalue weighted by molar-refractivity contribution is 5.87. The van der Waals surface area contributed by atoms with Crippen molar-refractivity contribution in [2.24, 2.45) is 35.5 Å². The Morgan fingerprint density at radius 2 is 1.96 bits per heavy atom. The molecule has 0 aromatic heterocycles. The standard InChI is InChI=1S/C22H30O5/c1-11(2)21(23)26-14-5-3-4-12(6-14)10-25-22(24)17-8-13-7-15(17)16-9-18-20(27-18)19(13)16/h12-20H,1,3-10H2,2H3. The molecule has 5 heteroatoms. The molecule has 27 heavy (non-hydrogen) atoms. The van der Waals surface area contributed by atoms with Crippen LogP contribution >= 0.6 is 0 Å². The summed E-state index contributed by atoms with van der Waals surface area (Å²) in [5.41, 5.74) is 0.438. The van der Waals surface area contributed by atoms with Crippen molar-refractivity contribution < 1.29 is 23.8 Å². The van der Waals surface area contributed by atoms with E-state index in [1.165, 1.54) is 12.8 Å². The molecular formula is C22H30O5. The van der Waals surface area contributed by atoms with Gasteiger partial charge >= 0.3 is 11.9 Å². The molecule has 1 aliphatic heterocycles. The second-order valence-corrected chi connectivity index (χ2v) is 9.59. The van der Waals surface area contributed by atoms with E-state index in [-0.39, 0.29) is 24.0 Å². The van der Waals surface area contributed by atoms with Gasteiger partial charge in [0.05, 0.1) is 24.7 Å². The summed E-state index contributed by atoms with van der Waals surface area (Å²) in [4.78, 5) is 24.5. The number of esters is 2. The van der Waals surface area contributed by atoms with Crippen LogP contribution in [-0.4, -0.2) is 36.9 Å². The van der Waals surface area contributed by atoms with Crippen LogP contribution in [0.4, 0.5) is 0 Å². The van der Waals surface area contributed by atoms with E-state index in [0.717, 1.165) is 38.0 Å². The van der Waals surface area contributed by atoms with Crippen LogP contribution in [0.5, 0.6) is 0 Å². The van der Waals surface area contributed by atoms with Crippen molar-refractivity contribution in [3.8, 4) is 0 Å². The van der Waals surface area contributed by atoms with Crippen LogP contribution in [0.2, 0.25) is 0 Å². The molecule has 5 rings (SSSR count). The summed E-state index contributed by atoms with van der Waals surface area (Å²) in [5, 5.41) is 0. The van der Waals surface area contributed by atoms with Gasteiger partial charge in [-0.15, -0.1) is 0 Å². The van der Waals surface area contributed by atoms with Gasteiger partial charge in [-0.25, -0.2) is 4.79 Å². The molecular weight excluding hydrogens is 344 g/mol. The minimum Gasteiger partial charge on any atom is -0.465 e. The highest BCUT2D eigenvalue weighted by Gasteiger charge is 2.67.